The molecule has 3 rings (SSSR count). The van der Waals surface area contributed by atoms with Crippen LogP contribution in [0.15, 0.2) is 36.7 Å². The maximum absolute atomic E-state index is 12.1. The van der Waals surface area contributed by atoms with Gasteiger partial charge in [0.2, 0.25) is 5.91 Å². The minimum absolute atomic E-state index is 0.0978. The van der Waals surface area contributed by atoms with Crippen molar-refractivity contribution in [2.24, 2.45) is 0 Å². The molecule has 6 nitrogen and oxygen atoms in total. The number of rotatable bonds is 5. The molecule has 1 amide bonds. The van der Waals surface area contributed by atoms with Crippen molar-refractivity contribution in [3.05, 3.63) is 42.2 Å². The summed E-state index contributed by atoms with van der Waals surface area (Å²) in [5.74, 6) is 0.155. The molecular weight excluding hydrogens is 266 g/mol. The molecule has 0 saturated carbocycles. The van der Waals surface area contributed by atoms with Crippen LogP contribution < -0.4 is 10.2 Å². The molecule has 1 aromatic carbocycles. The highest BCUT2D eigenvalue weighted by Gasteiger charge is 2.28. The minimum atomic E-state index is 0.0978. The van der Waals surface area contributed by atoms with Gasteiger partial charge in [0.25, 0.3) is 0 Å². The molecule has 1 aliphatic rings. The number of nitrogens with one attached hydrogen (secondary N) is 1. The molecule has 0 fully saturated rings. The normalized spacial score (nSPS) is 17.9. The number of aromatic nitrogens is 3. The Bertz CT molecular complexity index is 610. The van der Waals surface area contributed by atoms with E-state index in [-0.39, 0.29) is 11.9 Å². The van der Waals surface area contributed by atoms with Gasteiger partial charge >= 0.3 is 0 Å². The second-order valence-electron chi connectivity index (χ2n) is 5.24. The number of carbonyl (C=O) groups excluding carboxylic acids is 1. The largest absolute Gasteiger partial charge is 0.315 e. The lowest BCUT2D eigenvalue weighted by Gasteiger charge is -2.32. The first-order chi connectivity index (χ1) is 10.3. The van der Waals surface area contributed by atoms with E-state index in [1.54, 1.807) is 11.1 Å². The maximum atomic E-state index is 12.1. The molecule has 0 bridgehead atoms. The van der Waals surface area contributed by atoms with Crippen molar-refractivity contribution in [1.29, 1.82) is 0 Å². The first kappa shape index (κ1) is 13.8. The van der Waals surface area contributed by atoms with Crippen molar-refractivity contribution in [3.63, 3.8) is 0 Å². The summed E-state index contributed by atoms with van der Waals surface area (Å²) >= 11 is 0. The third-order valence-corrected chi connectivity index (χ3v) is 3.85. The lowest BCUT2D eigenvalue weighted by molar-refractivity contribution is -0.119. The molecule has 1 aliphatic heterocycles. The molecule has 2 aromatic rings. The zero-order valence-corrected chi connectivity index (χ0v) is 12.1. The van der Waals surface area contributed by atoms with Crippen molar-refractivity contribution in [3.8, 4) is 0 Å². The van der Waals surface area contributed by atoms with Crippen molar-refractivity contribution in [2.75, 3.05) is 18.5 Å². The molecule has 0 aliphatic carbocycles. The molecule has 110 valence electrons. The molecule has 1 unspecified atom stereocenters. The number of amides is 1. The maximum Gasteiger partial charge on any atom is 0.228 e. The van der Waals surface area contributed by atoms with E-state index >= 15 is 0 Å². The molecule has 1 atom stereocenters. The number of anilines is 1. The summed E-state index contributed by atoms with van der Waals surface area (Å²) < 4.78 is 1.81. The Labute approximate surface area is 123 Å². The summed E-state index contributed by atoms with van der Waals surface area (Å²) in [4.78, 5) is 13.8. The molecular formula is C15H19N5O. The second kappa shape index (κ2) is 6.05. The van der Waals surface area contributed by atoms with E-state index < -0.39 is 0 Å². The van der Waals surface area contributed by atoms with Gasteiger partial charge in [-0.3, -0.25) is 9.48 Å². The zero-order chi connectivity index (χ0) is 14.7. The topological polar surface area (TPSA) is 63.1 Å². The molecule has 2 heterocycles. The minimum Gasteiger partial charge on any atom is -0.315 e. The summed E-state index contributed by atoms with van der Waals surface area (Å²) in [6, 6.07) is 8.17. The monoisotopic (exact) mass is 285 g/mol. The van der Waals surface area contributed by atoms with Gasteiger partial charge in [-0.25, -0.2) is 0 Å². The summed E-state index contributed by atoms with van der Waals surface area (Å²) in [5.41, 5.74) is 2.20. The first-order valence-corrected chi connectivity index (χ1v) is 7.18. The van der Waals surface area contributed by atoms with Gasteiger partial charge in [-0.1, -0.05) is 23.4 Å². The van der Waals surface area contributed by atoms with Crippen molar-refractivity contribution in [1.82, 2.24) is 20.3 Å². The van der Waals surface area contributed by atoms with E-state index in [1.165, 1.54) is 5.56 Å². The molecule has 1 aromatic heterocycles. The van der Waals surface area contributed by atoms with Gasteiger partial charge in [-0.05, 0) is 24.6 Å². The van der Waals surface area contributed by atoms with Gasteiger partial charge in [-0.2, -0.15) is 0 Å². The summed E-state index contributed by atoms with van der Waals surface area (Å²) in [5, 5.41) is 11.2. The third kappa shape index (κ3) is 2.95. The highest BCUT2D eigenvalue weighted by Crippen LogP contribution is 2.33. The molecule has 0 radical (unpaired) electrons. The van der Waals surface area contributed by atoms with E-state index in [0.29, 0.717) is 6.42 Å². The van der Waals surface area contributed by atoms with Crippen LogP contribution >= 0.6 is 0 Å². The van der Waals surface area contributed by atoms with Crippen LogP contribution in [0.3, 0.4) is 0 Å². The average Bonchev–Trinajstić information content (AvgIpc) is 3.02. The lowest BCUT2D eigenvalue weighted by atomic mass is 9.96. The molecule has 0 saturated heterocycles. The van der Waals surface area contributed by atoms with Gasteiger partial charge in [0.15, 0.2) is 0 Å². The van der Waals surface area contributed by atoms with Crippen LogP contribution in [0.2, 0.25) is 0 Å². The fourth-order valence-corrected chi connectivity index (χ4v) is 2.69. The van der Waals surface area contributed by atoms with Gasteiger partial charge < -0.3 is 10.2 Å². The summed E-state index contributed by atoms with van der Waals surface area (Å²) in [6.45, 7) is 1.67. The molecule has 1 N–H and O–H groups in total. The second-order valence-corrected chi connectivity index (χ2v) is 5.24. The van der Waals surface area contributed by atoms with Crippen LogP contribution in [-0.2, 0) is 11.3 Å². The fraction of sp³-hybridized carbons (Fsp3) is 0.400. The van der Waals surface area contributed by atoms with E-state index in [4.69, 9.17) is 0 Å². The van der Waals surface area contributed by atoms with Gasteiger partial charge in [0.05, 0.1) is 6.20 Å². The number of hydrogen-bond acceptors (Lipinski definition) is 4. The number of fused-ring (bicyclic) bond motifs is 1. The van der Waals surface area contributed by atoms with Crippen LogP contribution in [0, 0.1) is 0 Å². The zero-order valence-electron chi connectivity index (χ0n) is 12.1. The Balaban J connectivity index is 1.60. The Morgan fingerprint density at radius 2 is 2.24 bits per heavy atom. The van der Waals surface area contributed by atoms with Crippen molar-refractivity contribution >= 4 is 11.6 Å². The smallest absolute Gasteiger partial charge is 0.228 e. The highest BCUT2D eigenvalue weighted by molar-refractivity contribution is 5.96. The number of hydrogen-bond donors (Lipinski definition) is 1. The standard InChI is InChI=1S/C15H19N5O/c1-19-14-6-3-2-5-12(14)13(11-15(19)21)16-7-4-9-20-10-8-17-18-20/h2-3,5-6,8,10,13,16H,4,7,9,11H2,1H3. The molecule has 6 heteroatoms. The predicted molar refractivity (Wildman–Crippen MR) is 79.9 cm³/mol. The quantitative estimate of drug-likeness (QED) is 0.843. The number of aryl methyl sites for hydroxylation is 1. The number of para-hydroxylation sites is 1. The van der Waals surface area contributed by atoms with Crippen LogP contribution in [0.25, 0.3) is 0 Å². The van der Waals surface area contributed by atoms with Crippen LogP contribution in [0.5, 0.6) is 0 Å². The van der Waals surface area contributed by atoms with Crippen LogP contribution in [0.1, 0.15) is 24.4 Å². The van der Waals surface area contributed by atoms with E-state index in [0.717, 1.165) is 25.2 Å². The van der Waals surface area contributed by atoms with Gasteiger partial charge in [-0.15, -0.1) is 5.10 Å². The Morgan fingerprint density at radius 3 is 3.05 bits per heavy atom. The third-order valence-electron chi connectivity index (χ3n) is 3.85. The first-order valence-electron chi connectivity index (χ1n) is 7.18. The Kier molecular flexibility index (Phi) is 3.96. The molecule has 21 heavy (non-hydrogen) atoms. The highest BCUT2D eigenvalue weighted by atomic mass is 16.2. The predicted octanol–water partition coefficient (Wildman–Crippen LogP) is 1.37. The lowest BCUT2D eigenvalue weighted by Crippen LogP contribution is -2.38. The number of carbonyl (C=O) groups is 1. The fourth-order valence-electron chi connectivity index (χ4n) is 2.69. The van der Waals surface area contributed by atoms with Crippen LogP contribution in [-0.4, -0.2) is 34.5 Å². The summed E-state index contributed by atoms with van der Waals surface area (Å²) in [6.07, 6.45) is 5.00. The average molecular weight is 285 g/mol. The Hall–Kier alpha value is -2.21. The number of nitrogens with zero attached hydrogens (tertiary/aromatic N) is 4. The van der Waals surface area contributed by atoms with E-state index in [2.05, 4.69) is 21.7 Å². The van der Waals surface area contributed by atoms with Gasteiger partial charge in [0.1, 0.15) is 0 Å². The van der Waals surface area contributed by atoms with E-state index in [9.17, 15) is 4.79 Å². The number of benzene rings is 1. The summed E-state index contributed by atoms with van der Waals surface area (Å²) in [7, 11) is 1.84. The van der Waals surface area contributed by atoms with Crippen molar-refractivity contribution in [2.45, 2.75) is 25.4 Å². The molecule has 0 spiro atoms. The van der Waals surface area contributed by atoms with Crippen LogP contribution in [0.4, 0.5) is 5.69 Å². The van der Waals surface area contributed by atoms with Gasteiger partial charge in [0, 0.05) is 37.9 Å². The van der Waals surface area contributed by atoms with E-state index in [1.807, 2.05) is 36.1 Å². The van der Waals surface area contributed by atoms with Crippen molar-refractivity contribution < 1.29 is 4.79 Å². The Morgan fingerprint density at radius 1 is 1.38 bits per heavy atom. The SMILES string of the molecule is CN1C(=O)CC(NCCCn2ccnn2)c2ccccc21.